The average Bonchev–Trinajstić information content (AvgIpc) is 3.29. The van der Waals surface area contributed by atoms with Gasteiger partial charge in [-0.05, 0) is 50.9 Å². The van der Waals surface area contributed by atoms with E-state index in [1.807, 2.05) is 6.92 Å². The van der Waals surface area contributed by atoms with E-state index in [4.69, 9.17) is 4.99 Å². The second-order valence-corrected chi connectivity index (χ2v) is 7.39. The minimum absolute atomic E-state index is 0.0961. The molecule has 0 bridgehead atoms. The second-order valence-electron chi connectivity index (χ2n) is 7.39. The van der Waals surface area contributed by atoms with Crippen molar-refractivity contribution in [1.29, 1.82) is 0 Å². The number of hydrogen-bond acceptors (Lipinski definition) is 2. The molecule has 26 heavy (non-hydrogen) atoms. The van der Waals surface area contributed by atoms with Crippen LogP contribution in [0.5, 0.6) is 0 Å². The molecule has 0 radical (unpaired) electrons. The highest BCUT2D eigenvalue weighted by atomic mass is 19.1. The van der Waals surface area contributed by atoms with Crippen molar-refractivity contribution in [3.63, 3.8) is 0 Å². The smallest absolute Gasteiger partial charge is 0.193 e. The van der Waals surface area contributed by atoms with Crippen molar-refractivity contribution in [1.82, 2.24) is 15.1 Å². The molecule has 2 heterocycles. The molecule has 4 nitrogen and oxygen atoms in total. The first-order valence-corrected chi connectivity index (χ1v) is 9.80. The molecule has 0 spiro atoms. The molecule has 0 aromatic heterocycles. The number of nitrogens with zero attached hydrogens (tertiary/aromatic N) is 3. The normalized spacial score (nSPS) is 22.8. The lowest BCUT2D eigenvalue weighted by molar-refractivity contribution is 0.249. The van der Waals surface area contributed by atoms with Gasteiger partial charge in [-0.15, -0.1) is 0 Å². The van der Waals surface area contributed by atoms with E-state index < -0.39 is 11.6 Å². The second kappa shape index (κ2) is 8.80. The highest BCUT2D eigenvalue weighted by molar-refractivity contribution is 5.80. The molecular formula is C20H30F2N4. The molecular weight excluding hydrogens is 334 g/mol. The van der Waals surface area contributed by atoms with Gasteiger partial charge in [-0.1, -0.05) is 13.0 Å². The van der Waals surface area contributed by atoms with Crippen LogP contribution in [0.25, 0.3) is 0 Å². The lowest BCUT2D eigenvalue weighted by atomic mass is 10.0. The fourth-order valence-corrected chi connectivity index (χ4v) is 3.99. The summed E-state index contributed by atoms with van der Waals surface area (Å²) in [5, 5.41) is 3.37. The van der Waals surface area contributed by atoms with Gasteiger partial charge in [0, 0.05) is 44.2 Å². The molecule has 144 valence electrons. The van der Waals surface area contributed by atoms with Gasteiger partial charge in [0.05, 0.1) is 0 Å². The number of guanidine groups is 1. The summed E-state index contributed by atoms with van der Waals surface area (Å²) in [5.41, 5.74) is 0.516. The summed E-state index contributed by atoms with van der Waals surface area (Å²) < 4.78 is 27.1. The quantitative estimate of drug-likeness (QED) is 0.643. The highest BCUT2D eigenvalue weighted by Gasteiger charge is 2.30. The summed E-state index contributed by atoms with van der Waals surface area (Å²) in [5.74, 6) is -0.224. The molecule has 1 aromatic rings. The van der Waals surface area contributed by atoms with Gasteiger partial charge in [0.25, 0.3) is 0 Å². The van der Waals surface area contributed by atoms with E-state index in [0.717, 1.165) is 31.7 Å². The van der Waals surface area contributed by atoms with Crippen molar-refractivity contribution in [3.8, 4) is 0 Å². The Balaban J connectivity index is 1.63. The van der Waals surface area contributed by atoms with Crippen LogP contribution < -0.4 is 5.32 Å². The standard InChI is InChI=1S/C20H30F2N4/c1-3-23-20(26-11-8-17(14-26)25-9-4-5-10-25)24-13-15(2)18-7-6-16(21)12-19(18)22/h6-7,12,15,17H,3-5,8-11,13-14H2,1-2H3,(H,23,24). The minimum Gasteiger partial charge on any atom is -0.357 e. The van der Waals surface area contributed by atoms with Crippen LogP contribution in [0.1, 0.15) is 44.6 Å². The summed E-state index contributed by atoms with van der Waals surface area (Å²) in [6.45, 7) is 9.73. The van der Waals surface area contributed by atoms with Crippen LogP contribution in [0, 0.1) is 11.6 Å². The van der Waals surface area contributed by atoms with Gasteiger partial charge < -0.3 is 10.2 Å². The average molecular weight is 364 g/mol. The van der Waals surface area contributed by atoms with E-state index in [1.165, 1.54) is 44.5 Å². The van der Waals surface area contributed by atoms with Crippen molar-refractivity contribution < 1.29 is 8.78 Å². The van der Waals surface area contributed by atoms with Gasteiger partial charge in [-0.2, -0.15) is 0 Å². The van der Waals surface area contributed by atoms with Gasteiger partial charge in [-0.25, -0.2) is 8.78 Å². The molecule has 2 saturated heterocycles. The first-order valence-electron chi connectivity index (χ1n) is 9.80. The van der Waals surface area contributed by atoms with Crippen molar-refractivity contribution in [3.05, 3.63) is 35.4 Å². The van der Waals surface area contributed by atoms with Gasteiger partial charge in [0.2, 0.25) is 0 Å². The molecule has 0 saturated carbocycles. The van der Waals surface area contributed by atoms with Crippen LogP contribution in [0.3, 0.4) is 0 Å². The summed E-state index contributed by atoms with van der Waals surface area (Å²) >= 11 is 0. The monoisotopic (exact) mass is 364 g/mol. The van der Waals surface area contributed by atoms with Crippen LogP contribution in [0.4, 0.5) is 8.78 Å². The molecule has 2 atom stereocenters. The summed E-state index contributed by atoms with van der Waals surface area (Å²) in [4.78, 5) is 9.67. The largest absolute Gasteiger partial charge is 0.357 e. The number of rotatable bonds is 5. The Morgan fingerprint density at radius 3 is 2.73 bits per heavy atom. The molecule has 1 aromatic carbocycles. The molecule has 3 rings (SSSR count). The number of nitrogens with one attached hydrogen (secondary N) is 1. The third-order valence-electron chi connectivity index (χ3n) is 5.46. The van der Waals surface area contributed by atoms with Crippen LogP contribution >= 0.6 is 0 Å². The van der Waals surface area contributed by atoms with Gasteiger partial charge in [-0.3, -0.25) is 9.89 Å². The predicted molar refractivity (Wildman–Crippen MR) is 102 cm³/mol. The maximum absolute atomic E-state index is 14.0. The van der Waals surface area contributed by atoms with Gasteiger partial charge in [0.1, 0.15) is 11.6 Å². The molecule has 1 N–H and O–H groups in total. The Morgan fingerprint density at radius 2 is 2.04 bits per heavy atom. The summed E-state index contributed by atoms with van der Waals surface area (Å²) in [6.07, 6.45) is 3.80. The topological polar surface area (TPSA) is 30.9 Å². The first kappa shape index (κ1) is 19.1. The summed E-state index contributed by atoms with van der Waals surface area (Å²) in [6, 6.07) is 4.40. The predicted octanol–water partition coefficient (Wildman–Crippen LogP) is 3.20. The minimum atomic E-state index is -0.541. The van der Waals surface area contributed by atoms with Crippen LogP contribution in [-0.4, -0.2) is 61.1 Å². The SMILES string of the molecule is CCNC(=NCC(C)c1ccc(F)cc1F)N1CCC(N2CCCC2)C1. The van der Waals surface area contributed by atoms with E-state index in [0.29, 0.717) is 18.2 Å². The van der Waals surface area contributed by atoms with Crippen molar-refractivity contribution in [2.45, 2.75) is 45.1 Å². The Morgan fingerprint density at radius 1 is 1.27 bits per heavy atom. The van der Waals surface area contributed by atoms with E-state index in [2.05, 4.69) is 22.0 Å². The van der Waals surface area contributed by atoms with E-state index >= 15 is 0 Å². The van der Waals surface area contributed by atoms with E-state index in [1.54, 1.807) is 0 Å². The maximum Gasteiger partial charge on any atom is 0.193 e. The fourth-order valence-electron chi connectivity index (χ4n) is 3.99. The van der Waals surface area contributed by atoms with E-state index in [-0.39, 0.29) is 5.92 Å². The first-order chi connectivity index (χ1) is 12.6. The number of likely N-dealkylation sites (tertiary alicyclic amines) is 2. The fraction of sp³-hybridized carbons (Fsp3) is 0.650. The Hall–Kier alpha value is -1.69. The third-order valence-corrected chi connectivity index (χ3v) is 5.46. The maximum atomic E-state index is 14.0. The van der Waals surface area contributed by atoms with Crippen molar-refractivity contribution in [2.75, 3.05) is 39.3 Å². The number of benzene rings is 1. The number of halogens is 2. The molecule has 6 heteroatoms. The zero-order chi connectivity index (χ0) is 18.5. The highest BCUT2D eigenvalue weighted by Crippen LogP contribution is 2.22. The molecule has 2 fully saturated rings. The molecule has 0 amide bonds. The van der Waals surface area contributed by atoms with Crippen molar-refractivity contribution in [2.24, 2.45) is 4.99 Å². The Labute approximate surface area is 155 Å². The Bertz CT molecular complexity index is 628. The lowest BCUT2D eigenvalue weighted by Gasteiger charge is -2.25. The van der Waals surface area contributed by atoms with Crippen LogP contribution in [0.15, 0.2) is 23.2 Å². The van der Waals surface area contributed by atoms with Crippen LogP contribution in [-0.2, 0) is 0 Å². The molecule has 0 aliphatic carbocycles. The van der Waals surface area contributed by atoms with Gasteiger partial charge in [0.15, 0.2) is 5.96 Å². The zero-order valence-corrected chi connectivity index (χ0v) is 15.8. The number of hydrogen-bond donors (Lipinski definition) is 1. The molecule has 2 aliphatic heterocycles. The third kappa shape index (κ3) is 4.53. The van der Waals surface area contributed by atoms with Crippen molar-refractivity contribution >= 4 is 5.96 Å². The molecule has 2 aliphatic rings. The number of aliphatic imine (C=N–C) groups is 1. The summed E-state index contributed by atoms with van der Waals surface area (Å²) in [7, 11) is 0. The van der Waals surface area contributed by atoms with Gasteiger partial charge >= 0.3 is 0 Å². The molecule has 2 unspecified atom stereocenters. The zero-order valence-electron chi connectivity index (χ0n) is 15.8. The Kier molecular flexibility index (Phi) is 6.46. The van der Waals surface area contributed by atoms with Crippen LogP contribution in [0.2, 0.25) is 0 Å². The lowest BCUT2D eigenvalue weighted by Crippen LogP contribution is -2.42. The van der Waals surface area contributed by atoms with E-state index in [9.17, 15) is 8.78 Å².